The second kappa shape index (κ2) is 6.41. The van der Waals surface area contributed by atoms with E-state index in [0.29, 0.717) is 17.6 Å². The van der Waals surface area contributed by atoms with E-state index in [9.17, 15) is 5.11 Å². The van der Waals surface area contributed by atoms with Crippen LogP contribution in [0.3, 0.4) is 0 Å². The molecule has 3 nitrogen and oxygen atoms in total. The fraction of sp³-hybridized carbons (Fsp3) is 0.407. The van der Waals surface area contributed by atoms with Crippen molar-refractivity contribution in [1.29, 1.82) is 0 Å². The monoisotopic (exact) mass is 400 g/mol. The van der Waals surface area contributed by atoms with Crippen LogP contribution in [-0.2, 0) is 5.41 Å². The molecule has 30 heavy (non-hydrogen) atoms. The Bertz CT molecular complexity index is 1140. The third kappa shape index (κ3) is 2.16. The van der Waals surface area contributed by atoms with Crippen LogP contribution in [0, 0.1) is 11.8 Å². The predicted octanol–water partition coefficient (Wildman–Crippen LogP) is 6.43. The minimum Gasteiger partial charge on any atom is -0.507 e. The Morgan fingerprint density at radius 3 is 2.07 bits per heavy atom. The van der Waals surface area contributed by atoms with E-state index in [-0.39, 0.29) is 5.41 Å². The summed E-state index contributed by atoms with van der Waals surface area (Å²) in [5.74, 6) is 3.33. The molecule has 2 saturated carbocycles. The fourth-order valence-corrected chi connectivity index (χ4v) is 7.12. The summed E-state index contributed by atoms with van der Waals surface area (Å²) in [6.07, 6.45) is 7.73. The van der Waals surface area contributed by atoms with Crippen LogP contribution in [0.1, 0.15) is 49.7 Å². The molecule has 0 heterocycles. The maximum Gasteiger partial charge on any atom is 0.123 e. The standard InChI is InChI=1S/C27H28O3/c1-29-18-9-11-20-22(13-18)25(28)15-24-26(20)21-12-10-19(30-2)14-23(21)27(24)16-5-3-6-17(27)8-4-7-16/h9-17,28H,3-8H2,1-2H3. The number of methoxy groups -OCH3 is 2. The van der Waals surface area contributed by atoms with Crippen molar-refractivity contribution < 1.29 is 14.6 Å². The Hall–Kier alpha value is -2.68. The molecular formula is C27H28O3. The second-order valence-corrected chi connectivity index (χ2v) is 9.27. The molecule has 6 rings (SSSR count). The van der Waals surface area contributed by atoms with Crippen molar-refractivity contribution in [3.8, 4) is 28.4 Å². The zero-order valence-corrected chi connectivity index (χ0v) is 17.7. The van der Waals surface area contributed by atoms with Gasteiger partial charge in [0, 0.05) is 10.8 Å². The van der Waals surface area contributed by atoms with Crippen molar-refractivity contribution in [3.05, 3.63) is 53.6 Å². The average molecular weight is 401 g/mol. The lowest BCUT2D eigenvalue weighted by Gasteiger charge is -2.52. The molecule has 3 heteroatoms. The molecule has 1 N–H and O–H groups in total. The van der Waals surface area contributed by atoms with E-state index >= 15 is 0 Å². The summed E-state index contributed by atoms with van der Waals surface area (Å²) in [5, 5.41) is 13.1. The van der Waals surface area contributed by atoms with Crippen LogP contribution in [0.2, 0.25) is 0 Å². The number of fused-ring (bicyclic) bond motifs is 5. The number of rotatable bonds is 2. The number of aromatic hydroxyl groups is 1. The van der Waals surface area contributed by atoms with Crippen molar-refractivity contribution in [2.24, 2.45) is 11.8 Å². The highest BCUT2D eigenvalue weighted by molar-refractivity contribution is 6.06. The first-order valence-corrected chi connectivity index (χ1v) is 11.2. The molecule has 1 spiro atoms. The van der Waals surface area contributed by atoms with Gasteiger partial charge in [0.2, 0.25) is 0 Å². The third-order valence-corrected chi connectivity index (χ3v) is 8.21. The van der Waals surface area contributed by atoms with E-state index in [1.165, 1.54) is 60.8 Å². The van der Waals surface area contributed by atoms with Crippen molar-refractivity contribution in [1.82, 2.24) is 0 Å². The summed E-state index contributed by atoms with van der Waals surface area (Å²) >= 11 is 0. The lowest BCUT2D eigenvalue weighted by molar-refractivity contribution is 0.0870. The number of hydrogen-bond acceptors (Lipinski definition) is 3. The molecule has 154 valence electrons. The van der Waals surface area contributed by atoms with Gasteiger partial charge >= 0.3 is 0 Å². The fourth-order valence-electron chi connectivity index (χ4n) is 7.12. The Kier molecular flexibility index (Phi) is 3.87. The summed E-state index contributed by atoms with van der Waals surface area (Å²) in [5.41, 5.74) is 5.40. The first kappa shape index (κ1) is 18.1. The van der Waals surface area contributed by atoms with Crippen LogP contribution >= 0.6 is 0 Å². The van der Waals surface area contributed by atoms with Crippen LogP contribution in [-0.4, -0.2) is 19.3 Å². The highest BCUT2D eigenvalue weighted by atomic mass is 16.5. The molecule has 0 radical (unpaired) electrons. The zero-order valence-electron chi connectivity index (χ0n) is 17.7. The van der Waals surface area contributed by atoms with E-state index in [4.69, 9.17) is 9.47 Å². The normalized spacial score (nSPS) is 26.5. The maximum absolute atomic E-state index is 11.1. The van der Waals surface area contributed by atoms with Gasteiger partial charge in [0.25, 0.3) is 0 Å². The van der Waals surface area contributed by atoms with Gasteiger partial charge in [-0.2, -0.15) is 0 Å². The quantitative estimate of drug-likeness (QED) is 0.539. The Morgan fingerprint density at radius 2 is 1.40 bits per heavy atom. The highest BCUT2D eigenvalue weighted by Gasteiger charge is 2.56. The molecule has 0 atom stereocenters. The lowest BCUT2D eigenvalue weighted by atomic mass is 9.51. The van der Waals surface area contributed by atoms with Gasteiger partial charge in [-0.05, 0) is 102 Å². The molecular weight excluding hydrogens is 372 g/mol. The van der Waals surface area contributed by atoms with E-state index in [0.717, 1.165) is 22.3 Å². The highest BCUT2D eigenvalue weighted by Crippen LogP contribution is 2.66. The second-order valence-electron chi connectivity index (χ2n) is 9.27. The van der Waals surface area contributed by atoms with Gasteiger partial charge < -0.3 is 14.6 Å². The number of phenolic OH excluding ortho intramolecular Hbond substituents is 1. The molecule has 3 aromatic carbocycles. The molecule has 2 bridgehead atoms. The minimum atomic E-state index is 0.00129. The predicted molar refractivity (Wildman–Crippen MR) is 120 cm³/mol. The van der Waals surface area contributed by atoms with Crippen LogP contribution in [0.15, 0.2) is 42.5 Å². The summed E-state index contributed by atoms with van der Waals surface area (Å²) in [6.45, 7) is 0. The van der Waals surface area contributed by atoms with E-state index in [2.05, 4.69) is 30.3 Å². The number of hydrogen-bond donors (Lipinski definition) is 1. The molecule has 2 fully saturated rings. The summed E-state index contributed by atoms with van der Waals surface area (Å²) in [6, 6.07) is 14.8. The van der Waals surface area contributed by atoms with Crippen LogP contribution in [0.4, 0.5) is 0 Å². The molecule has 0 saturated heterocycles. The van der Waals surface area contributed by atoms with Crippen molar-refractivity contribution in [2.45, 2.75) is 43.9 Å². The zero-order chi connectivity index (χ0) is 20.5. The van der Waals surface area contributed by atoms with Crippen LogP contribution < -0.4 is 9.47 Å². The Labute approximate surface area is 177 Å². The van der Waals surface area contributed by atoms with E-state index in [1.54, 1.807) is 14.2 Å². The molecule has 0 aromatic heterocycles. The average Bonchev–Trinajstić information content (AvgIpc) is 3.03. The molecule has 3 aliphatic carbocycles. The van der Waals surface area contributed by atoms with Gasteiger partial charge in [-0.1, -0.05) is 18.9 Å². The lowest BCUT2D eigenvalue weighted by Crippen LogP contribution is -2.47. The van der Waals surface area contributed by atoms with E-state index in [1.807, 2.05) is 12.1 Å². The van der Waals surface area contributed by atoms with Gasteiger partial charge in [0.05, 0.1) is 14.2 Å². The smallest absolute Gasteiger partial charge is 0.123 e. The summed E-state index contributed by atoms with van der Waals surface area (Å²) < 4.78 is 11.1. The first-order valence-electron chi connectivity index (χ1n) is 11.2. The SMILES string of the molecule is COc1ccc2c(c1)C1(c3cc(O)c4cc(OC)ccc4c3-2)C2CCCC1CCC2. The van der Waals surface area contributed by atoms with Gasteiger partial charge in [-0.25, -0.2) is 0 Å². The molecule has 3 aromatic rings. The van der Waals surface area contributed by atoms with Gasteiger partial charge in [-0.15, -0.1) is 0 Å². The maximum atomic E-state index is 11.1. The number of phenols is 1. The van der Waals surface area contributed by atoms with Gasteiger partial charge in [0.1, 0.15) is 17.2 Å². The van der Waals surface area contributed by atoms with E-state index < -0.39 is 0 Å². The first-order chi connectivity index (χ1) is 14.7. The summed E-state index contributed by atoms with van der Waals surface area (Å²) in [7, 11) is 3.43. The van der Waals surface area contributed by atoms with Crippen LogP contribution in [0.5, 0.6) is 17.2 Å². The molecule has 3 aliphatic rings. The Balaban J connectivity index is 1.74. The van der Waals surface area contributed by atoms with Gasteiger partial charge in [-0.3, -0.25) is 0 Å². The topological polar surface area (TPSA) is 38.7 Å². The molecule has 0 unspecified atom stereocenters. The van der Waals surface area contributed by atoms with Crippen LogP contribution in [0.25, 0.3) is 21.9 Å². The number of benzene rings is 3. The van der Waals surface area contributed by atoms with Crippen molar-refractivity contribution >= 4 is 10.8 Å². The molecule has 0 amide bonds. The van der Waals surface area contributed by atoms with Crippen molar-refractivity contribution in [3.63, 3.8) is 0 Å². The van der Waals surface area contributed by atoms with Gasteiger partial charge in [0.15, 0.2) is 0 Å². The number of ether oxygens (including phenoxy) is 2. The van der Waals surface area contributed by atoms with Crippen molar-refractivity contribution in [2.75, 3.05) is 14.2 Å². The largest absolute Gasteiger partial charge is 0.507 e. The minimum absolute atomic E-state index is 0.00129. The Morgan fingerprint density at radius 1 is 0.767 bits per heavy atom. The third-order valence-electron chi connectivity index (χ3n) is 8.21. The summed E-state index contributed by atoms with van der Waals surface area (Å²) in [4.78, 5) is 0. The molecule has 0 aliphatic heterocycles.